The quantitative estimate of drug-likeness (QED) is 0.609. The summed E-state index contributed by atoms with van der Waals surface area (Å²) in [5, 5.41) is 0.716. The van der Waals surface area contributed by atoms with Crippen LogP contribution in [0.15, 0.2) is 23.8 Å². The Bertz CT molecular complexity index is 257. The van der Waals surface area contributed by atoms with Gasteiger partial charge < -0.3 is 0 Å². The van der Waals surface area contributed by atoms with Crippen molar-refractivity contribution in [2.45, 2.75) is 43.9 Å². The van der Waals surface area contributed by atoms with E-state index in [9.17, 15) is 0 Å². The third-order valence-corrected chi connectivity index (χ3v) is 4.61. The summed E-state index contributed by atoms with van der Waals surface area (Å²) in [5.74, 6) is 0. The van der Waals surface area contributed by atoms with Crippen molar-refractivity contribution in [2.24, 2.45) is 0 Å². The largest absolute Gasteiger partial charge is 0.250 e. The fourth-order valence-corrected chi connectivity index (χ4v) is 3.28. The van der Waals surface area contributed by atoms with Crippen LogP contribution >= 0.6 is 11.9 Å². The number of rotatable bonds is 1. The highest BCUT2D eigenvalue weighted by Gasteiger charge is 2.25. The van der Waals surface area contributed by atoms with Gasteiger partial charge in [-0.05, 0) is 45.2 Å². The molecule has 1 unspecified atom stereocenters. The van der Waals surface area contributed by atoms with Crippen LogP contribution in [0.5, 0.6) is 0 Å². The van der Waals surface area contributed by atoms with Crippen molar-refractivity contribution in [3.8, 4) is 0 Å². The lowest BCUT2D eigenvalue weighted by atomic mass is 9.99. The van der Waals surface area contributed by atoms with E-state index in [1.165, 1.54) is 25.7 Å². The Balaban J connectivity index is 1.99. The third kappa shape index (κ3) is 2.23. The molecule has 1 heterocycles. The first-order valence-electron chi connectivity index (χ1n) is 5.53. The second kappa shape index (κ2) is 4.54. The van der Waals surface area contributed by atoms with E-state index in [0.717, 1.165) is 6.04 Å². The van der Waals surface area contributed by atoms with Crippen LogP contribution in [0.4, 0.5) is 0 Å². The van der Waals surface area contributed by atoms with Crippen LogP contribution in [-0.2, 0) is 0 Å². The highest BCUT2D eigenvalue weighted by Crippen LogP contribution is 2.35. The maximum absolute atomic E-state index is 2.42. The minimum atomic E-state index is 0.716. The van der Waals surface area contributed by atoms with Crippen molar-refractivity contribution >= 4 is 11.9 Å². The van der Waals surface area contributed by atoms with Gasteiger partial charge in [0.1, 0.15) is 0 Å². The highest BCUT2D eigenvalue weighted by molar-refractivity contribution is 7.97. The normalized spacial score (nSPS) is 34.3. The van der Waals surface area contributed by atoms with Gasteiger partial charge in [-0.3, -0.25) is 4.31 Å². The van der Waals surface area contributed by atoms with Crippen LogP contribution in [0.1, 0.15) is 32.6 Å². The number of allylic oxidation sites excluding steroid dienone is 3. The standard InChI is InChI=1S/C12H19NS/c1-10-8-9-12(14-13(10)2)11-6-4-3-5-7-11/h4,6-7,10,12H,3,5,8-9H2,1-2H3/t10-,12?/m0/s1. The fraction of sp³-hybridized carbons (Fsp3) is 0.667. The molecule has 0 N–H and O–H groups in total. The first-order valence-corrected chi connectivity index (χ1v) is 6.37. The molecule has 1 aliphatic carbocycles. The van der Waals surface area contributed by atoms with E-state index < -0.39 is 0 Å². The number of nitrogens with zero attached hydrogens (tertiary/aromatic N) is 1. The molecule has 2 heteroatoms. The Kier molecular flexibility index (Phi) is 3.34. The lowest BCUT2D eigenvalue weighted by Crippen LogP contribution is -2.32. The molecule has 0 aromatic rings. The molecule has 1 nitrogen and oxygen atoms in total. The summed E-state index contributed by atoms with van der Waals surface area (Å²) >= 11 is 2.01. The van der Waals surface area contributed by atoms with Crippen LogP contribution in [0.2, 0.25) is 0 Å². The van der Waals surface area contributed by atoms with Gasteiger partial charge in [0.2, 0.25) is 0 Å². The predicted molar refractivity (Wildman–Crippen MR) is 64.3 cm³/mol. The molecule has 2 rings (SSSR count). The van der Waals surface area contributed by atoms with Crippen LogP contribution in [0, 0.1) is 0 Å². The van der Waals surface area contributed by atoms with Gasteiger partial charge in [-0.1, -0.05) is 30.2 Å². The van der Waals surface area contributed by atoms with Gasteiger partial charge in [0.05, 0.1) is 0 Å². The summed E-state index contributed by atoms with van der Waals surface area (Å²) in [4.78, 5) is 0. The number of hydrogen-bond acceptors (Lipinski definition) is 2. The minimum Gasteiger partial charge on any atom is -0.250 e. The second-order valence-electron chi connectivity index (χ2n) is 4.25. The van der Waals surface area contributed by atoms with E-state index in [2.05, 4.69) is 36.5 Å². The van der Waals surface area contributed by atoms with Crippen LogP contribution < -0.4 is 0 Å². The van der Waals surface area contributed by atoms with Crippen LogP contribution in [-0.4, -0.2) is 22.6 Å². The van der Waals surface area contributed by atoms with Crippen molar-refractivity contribution in [2.75, 3.05) is 7.05 Å². The summed E-state index contributed by atoms with van der Waals surface area (Å²) in [6, 6.07) is 0.740. The van der Waals surface area contributed by atoms with Crippen LogP contribution in [0.25, 0.3) is 0 Å². The molecule has 1 saturated heterocycles. The van der Waals surface area contributed by atoms with E-state index in [1.807, 2.05) is 11.9 Å². The van der Waals surface area contributed by atoms with E-state index in [4.69, 9.17) is 0 Å². The van der Waals surface area contributed by atoms with Gasteiger partial charge >= 0.3 is 0 Å². The van der Waals surface area contributed by atoms with Gasteiger partial charge in [-0.25, -0.2) is 0 Å². The molecule has 0 aromatic heterocycles. The molecular weight excluding hydrogens is 190 g/mol. The molecule has 1 fully saturated rings. The van der Waals surface area contributed by atoms with Crippen molar-refractivity contribution in [1.29, 1.82) is 0 Å². The van der Waals surface area contributed by atoms with Gasteiger partial charge in [-0.15, -0.1) is 0 Å². The highest BCUT2D eigenvalue weighted by atomic mass is 32.2. The maximum atomic E-state index is 2.42. The van der Waals surface area contributed by atoms with E-state index in [-0.39, 0.29) is 0 Å². The molecular formula is C12H19NS. The molecule has 78 valence electrons. The Labute approximate surface area is 91.4 Å². The summed E-state index contributed by atoms with van der Waals surface area (Å²) < 4.78 is 2.41. The van der Waals surface area contributed by atoms with E-state index in [1.54, 1.807) is 5.57 Å². The third-order valence-electron chi connectivity index (χ3n) is 3.16. The predicted octanol–water partition coefficient (Wildman–Crippen LogP) is 3.39. The van der Waals surface area contributed by atoms with Crippen molar-refractivity contribution in [1.82, 2.24) is 4.31 Å². The Morgan fingerprint density at radius 3 is 2.86 bits per heavy atom. The SMILES string of the molecule is C[C@H]1CCC(C2=CCCC=C2)SN1C. The average molecular weight is 209 g/mol. The smallest absolute Gasteiger partial charge is 0.0441 e. The molecule has 2 aliphatic rings. The van der Waals surface area contributed by atoms with Crippen molar-refractivity contribution in [3.05, 3.63) is 23.8 Å². The molecule has 0 spiro atoms. The van der Waals surface area contributed by atoms with Crippen molar-refractivity contribution in [3.63, 3.8) is 0 Å². The molecule has 2 atom stereocenters. The van der Waals surface area contributed by atoms with Gasteiger partial charge in [-0.2, -0.15) is 0 Å². The van der Waals surface area contributed by atoms with E-state index in [0.29, 0.717) is 5.25 Å². The zero-order valence-corrected chi connectivity index (χ0v) is 9.89. The van der Waals surface area contributed by atoms with Gasteiger partial charge in [0.15, 0.2) is 0 Å². The van der Waals surface area contributed by atoms with E-state index >= 15 is 0 Å². The molecule has 0 bridgehead atoms. The average Bonchev–Trinajstić information content (AvgIpc) is 2.23. The summed E-state index contributed by atoms with van der Waals surface area (Å²) in [5.41, 5.74) is 1.56. The maximum Gasteiger partial charge on any atom is 0.0441 e. The first-order chi connectivity index (χ1) is 6.77. The molecule has 0 radical (unpaired) electrons. The minimum absolute atomic E-state index is 0.716. The van der Waals surface area contributed by atoms with Gasteiger partial charge in [0, 0.05) is 11.3 Å². The Morgan fingerprint density at radius 2 is 2.21 bits per heavy atom. The molecule has 0 saturated carbocycles. The summed E-state index contributed by atoms with van der Waals surface area (Å²) in [6.45, 7) is 2.31. The first kappa shape index (κ1) is 10.3. The topological polar surface area (TPSA) is 3.24 Å². The molecule has 1 aliphatic heterocycles. The molecule has 14 heavy (non-hydrogen) atoms. The molecule has 0 aromatic carbocycles. The monoisotopic (exact) mass is 209 g/mol. The van der Waals surface area contributed by atoms with Gasteiger partial charge in [0.25, 0.3) is 0 Å². The number of hydrogen-bond donors (Lipinski definition) is 0. The Hall–Kier alpha value is -0.210. The zero-order chi connectivity index (χ0) is 9.97. The van der Waals surface area contributed by atoms with Crippen LogP contribution in [0.3, 0.4) is 0 Å². The zero-order valence-electron chi connectivity index (χ0n) is 9.07. The molecule has 0 amide bonds. The summed E-state index contributed by atoms with van der Waals surface area (Å²) in [6.07, 6.45) is 12.2. The lowest BCUT2D eigenvalue weighted by Gasteiger charge is -2.35. The Morgan fingerprint density at radius 1 is 1.36 bits per heavy atom. The second-order valence-corrected chi connectivity index (χ2v) is 5.61. The summed E-state index contributed by atoms with van der Waals surface area (Å²) in [7, 11) is 2.22. The van der Waals surface area contributed by atoms with Crippen molar-refractivity contribution < 1.29 is 0 Å². The lowest BCUT2D eigenvalue weighted by molar-refractivity contribution is 0.381. The fourth-order valence-electron chi connectivity index (χ4n) is 2.03.